The van der Waals surface area contributed by atoms with Gasteiger partial charge in [-0.15, -0.1) is 11.8 Å². The van der Waals surface area contributed by atoms with Crippen molar-refractivity contribution >= 4 is 37.5 Å². The van der Waals surface area contributed by atoms with Crippen LogP contribution in [0.4, 0.5) is 0 Å². The molecule has 0 atom stereocenters. The van der Waals surface area contributed by atoms with Crippen LogP contribution in [0.2, 0.25) is 0 Å². The van der Waals surface area contributed by atoms with Crippen LogP contribution in [-0.2, 0) is 15.4 Å². The molecule has 3 nitrogen and oxygen atoms in total. The minimum absolute atomic E-state index is 0.247. The number of hydrogen-bond donors (Lipinski definition) is 1. The van der Waals surface area contributed by atoms with Crippen LogP contribution < -0.4 is 0 Å². The van der Waals surface area contributed by atoms with Gasteiger partial charge in [0, 0.05) is 15.6 Å². The second kappa shape index (κ2) is 4.91. The Morgan fingerprint density at radius 3 is 2.24 bits per heavy atom. The lowest BCUT2D eigenvalue weighted by Gasteiger charge is -2.20. The number of thioether (sulfide) groups is 1. The van der Waals surface area contributed by atoms with Crippen molar-refractivity contribution in [2.24, 2.45) is 0 Å². The van der Waals surface area contributed by atoms with Gasteiger partial charge in [-0.1, -0.05) is 0 Å². The van der Waals surface area contributed by atoms with E-state index in [0.29, 0.717) is 14.9 Å². The van der Waals surface area contributed by atoms with E-state index in [9.17, 15) is 13.5 Å². The van der Waals surface area contributed by atoms with Crippen LogP contribution in [0.3, 0.4) is 0 Å². The summed E-state index contributed by atoms with van der Waals surface area (Å²) < 4.78 is 24.1. The Hall–Kier alpha value is -0.0400. The van der Waals surface area contributed by atoms with Crippen molar-refractivity contribution in [1.29, 1.82) is 0 Å². The Bertz CT molecular complexity index is 530. The standard InChI is InChI=1S/C11H15BrO3S2/c1-11(2,13)7-5-8(12)10(16-3)9(6-7)17(4,14)15/h5-6,13H,1-4H3. The van der Waals surface area contributed by atoms with E-state index in [1.165, 1.54) is 24.1 Å². The molecule has 0 spiro atoms. The third-order valence-corrected chi connectivity index (χ3v) is 5.31. The SMILES string of the molecule is CSc1c(Br)cc(C(C)(C)O)cc1S(C)(=O)=O. The predicted molar refractivity (Wildman–Crippen MR) is 74.3 cm³/mol. The molecule has 0 amide bonds. The Balaban J connectivity index is 3.63. The second-order valence-electron chi connectivity index (χ2n) is 4.32. The Morgan fingerprint density at radius 2 is 1.88 bits per heavy atom. The highest BCUT2D eigenvalue weighted by Crippen LogP contribution is 2.36. The van der Waals surface area contributed by atoms with Crippen LogP contribution in [0.25, 0.3) is 0 Å². The van der Waals surface area contributed by atoms with Gasteiger partial charge in [-0.2, -0.15) is 0 Å². The van der Waals surface area contributed by atoms with Crippen molar-refractivity contribution in [2.75, 3.05) is 12.5 Å². The van der Waals surface area contributed by atoms with Crippen LogP contribution >= 0.6 is 27.7 Å². The number of aliphatic hydroxyl groups is 1. The van der Waals surface area contributed by atoms with Gasteiger partial charge in [-0.3, -0.25) is 0 Å². The topological polar surface area (TPSA) is 54.4 Å². The molecule has 0 radical (unpaired) electrons. The van der Waals surface area contributed by atoms with Gasteiger partial charge in [0.25, 0.3) is 0 Å². The molecule has 0 aliphatic rings. The molecule has 96 valence electrons. The fourth-order valence-corrected chi connectivity index (χ4v) is 4.48. The molecule has 0 aliphatic carbocycles. The lowest BCUT2D eigenvalue weighted by Crippen LogP contribution is -2.16. The molecule has 0 unspecified atom stereocenters. The lowest BCUT2D eigenvalue weighted by atomic mass is 9.99. The highest BCUT2D eigenvalue weighted by atomic mass is 79.9. The summed E-state index contributed by atoms with van der Waals surface area (Å²) in [5, 5.41) is 9.94. The summed E-state index contributed by atoms with van der Waals surface area (Å²) in [5.74, 6) is 0. The van der Waals surface area contributed by atoms with E-state index >= 15 is 0 Å². The van der Waals surface area contributed by atoms with Gasteiger partial charge >= 0.3 is 0 Å². The zero-order chi connectivity index (χ0) is 13.4. The summed E-state index contributed by atoms with van der Waals surface area (Å²) in [7, 11) is -3.31. The number of hydrogen-bond acceptors (Lipinski definition) is 4. The number of rotatable bonds is 3. The zero-order valence-corrected chi connectivity index (χ0v) is 13.3. The molecule has 1 N–H and O–H groups in total. The van der Waals surface area contributed by atoms with E-state index in [1.54, 1.807) is 19.9 Å². The first-order valence-corrected chi connectivity index (χ1v) is 8.78. The smallest absolute Gasteiger partial charge is 0.176 e. The molecule has 0 saturated carbocycles. The average molecular weight is 339 g/mol. The van der Waals surface area contributed by atoms with Crippen molar-refractivity contribution in [1.82, 2.24) is 0 Å². The van der Waals surface area contributed by atoms with Crippen LogP contribution in [0.1, 0.15) is 19.4 Å². The van der Waals surface area contributed by atoms with Crippen LogP contribution in [0.15, 0.2) is 26.4 Å². The van der Waals surface area contributed by atoms with E-state index < -0.39 is 15.4 Å². The van der Waals surface area contributed by atoms with E-state index in [-0.39, 0.29) is 4.90 Å². The lowest BCUT2D eigenvalue weighted by molar-refractivity contribution is 0.0782. The molecule has 0 saturated heterocycles. The molecule has 1 aromatic rings. The summed E-state index contributed by atoms with van der Waals surface area (Å²) in [6.45, 7) is 3.25. The fraction of sp³-hybridized carbons (Fsp3) is 0.455. The largest absolute Gasteiger partial charge is 0.386 e. The first-order valence-electron chi connectivity index (χ1n) is 4.88. The molecule has 6 heteroatoms. The monoisotopic (exact) mass is 338 g/mol. The van der Waals surface area contributed by atoms with Crippen molar-refractivity contribution in [3.8, 4) is 0 Å². The summed E-state index contributed by atoms with van der Waals surface area (Å²) in [6, 6.07) is 3.28. The highest BCUT2D eigenvalue weighted by Gasteiger charge is 2.23. The fourth-order valence-electron chi connectivity index (χ4n) is 1.39. The van der Waals surface area contributed by atoms with E-state index in [1.807, 2.05) is 6.26 Å². The summed E-state index contributed by atoms with van der Waals surface area (Å²) >= 11 is 4.71. The first-order chi connectivity index (χ1) is 7.57. The van der Waals surface area contributed by atoms with Gasteiger partial charge < -0.3 is 5.11 Å². The molecular formula is C11H15BrO3S2. The van der Waals surface area contributed by atoms with Crippen molar-refractivity contribution in [3.63, 3.8) is 0 Å². The first kappa shape index (κ1) is 15.0. The quantitative estimate of drug-likeness (QED) is 0.861. The molecule has 0 aromatic heterocycles. The van der Waals surface area contributed by atoms with Gasteiger partial charge in [0.1, 0.15) is 0 Å². The molecule has 0 fully saturated rings. The Morgan fingerprint density at radius 1 is 1.35 bits per heavy atom. The number of halogens is 1. The summed E-state index contributed by atoms with van der Waals surface area (Å²) in [4.78, 5) is 0.914. The minimum atomic E-state index is -3.31. The zero-order valence-electron chi connectivity index (χ0n) is 10.1. The van der Waals surface area contributed by atoms with Gasteiger partial charge in [-0.05, 0) is 53.7 Å². The van der Waals surface area contributed by atoms with Crippen LogP contribution in [0, 0.1) is 0 Å². The maximum Gasteiger partial charge on any atom is 0.176 e. The van der Waals surface area contributed by atoms with Crippen LogP contribution in [0.5, 0.6) is 0 Å². The maximum absolute atomic E-state index is 11.7. The van der Waals surface area contributed by atoms with Gasteiger partial charge in [0.2, 0.25) is 0 Å². The van der Waals surface area contributed by atoms with Crippen molar-refractivity contribution in [2.45, 2.75) is 29.2 Å². The molecular weight excluding hydrogens is 324 g/mol. The summed E-state index contributed by atoms with van der Waals surface area (Å²) in [6.07, 6.45) is 2.99. The third-order valence-electron chi connectivity index (χ3n) is 2.32. The number of benzene rings is 1. The van der Waals surface area contributed by atoms with Crippen molar-refractivity contribution in [3.05, 3.63) is 22.2 Å². The van der Waals surface area contributed by atoms with Gasteiger partial charge in [0.15, 0.2) is 9.84 Å². The second-order valence-corrected chi connectivity index (χ2v) is 7.98. The van der Waals surface area contributed by atoms with E-state index in [0.717, 1.165) is 0 Å². The minimum Gasteiger partial charge on any atom is -0.386 e. The normalized spacial score (nSPS) is 12.8. The molecule has 0 aliphatic heterocycles. The van der Waals surface area contributed by atoms with E-state index in [4.69, 9.17) is 0 Å². The van der Waals surface area contributed by atoms with Gasteiger partial charge in [-0.25, -0.2) is 8.42 Å². The third kappa shape index (κ3) is 3.47. The number of sulfone groups is 1. The molecule has 0 heterocycles. The molecule has 1 rings (SSSR count). The summed E-state index contributed by atoms with van der Waals surface area (Å²) in [5.41, 5.74) is -0.499. The molecule has 17 heavy (non-hydrogen) atoms. The van der Waals surface area contributed by atoms with E-state index in [2.05, 4.69) is 15.9 Å². The Kier molecular flexibility index (Phi) is 4.34. The van der Waals surface area contributed by atoms with Crippen LogP contribution in [-0.4, -0.2) is 26.0 Å². The maximum atomic E-state index is 11.7. The van der Waals surface area contributed by atoms with Crippen molar-refractivity contribution < 1.29 is 13.5 Å². The highest BCUT2D eigenvalue weighted by molar-refractivity contribution is 9.10. The Labute approximate surface area is 115 Å². The average Bonchev–Trinajstić information content (AvgIpc) is 2.13. The molecule has 0 bridgehead atoms. The predicted octanol–water partition coefficient (Wildman–Crippen LogP) is 2.80. The van der Waals surface area contributed by atoms with Gasteiger partial charge in [0.05, 0.1) is 10.5 Å². The molecule has 1 aromatic carbocycles.